The molecule has 0 radical (unpaired) electrons. The minimum Gasteiger partial charge on any atom is -0.246 e. The molecule has 0 unspecified atom stereocenters. The van der Waals surface area contributed by atoms with E-state index in [1.54, 1.807) is 11.3 Å². The van der Waals surface area contributed by atoms with Crippen molar-refractivity contribution in [2.75, 3.05) is 5.75 Å². The summed E-state index contributed by atoms with van der Waals surface area (Å²) in [7, 11) is 0. The van der Waals surface area contributed by atoms with Gasteiger partial charge in [0.05, 0.1) is 10.7 Å². The fourth-order valence-corrected chi connectivity index (χ4v) is 2.07. The Balaban J connectivity index is 2.51. The highest BCUT2D eigenvalue weighted by Gasteiger charge is 1.98. The van der Waals surface area contributed by atoms with E-state index < -0.39 is 0 Å². The zero-order valence-electron chi connectivity index (χ0n) is 6.71. The smallest absolute Gasteiger partial charge is 0.0928 e. The summed E-state index contributed by atoms with van der Waals surface area (Å²) in [6.07, 6.45) is 3.31. The second-order valence-corrected chi connectivity index (χ2v) is 3.85. The lowest BCUT2D eigenvalue weighted by molar-refractivity contribution is 0.895. The molecule has 1 nitrogen and oxygen atoms in total. The lowest BCUT2D eigenvalue weighted by atomic mass is 10.3. The molecule has 0 fully saturated rings. The molecule has 1 rings (SSSR count). The SMILES string of the molecule is CCCc1nc(CCS)cs1. The predicted octanol–water partition coefficient (Wildman–Crippen LogP) is 2.57. The lowest BCUT2D eigenvalue weighted by Crippen LogP contribution is -1.87. The van der Waals surface area contributed by atoms with Crippen LogP contribution in [0.5, 0.6) is 0 Å². The minimum absolute atomic E-state index is 0.898. The molecule has 1 aromatic rings. The molecule has 3 heteroatoms. The maximum absolute atomic E-state index is 4.46. The molecule has 0 aromatic carbocycles. The second-order valence-electron chi connectivity index (χ2n) is 2.46. The number of aromatic nitrogens is 1. The maximum atomic E-state index is 4.46. The van der Waals surface area contributed by atoms with Gasteiger partial charge in [0.15, 0.2) is 0 Å². The molecular formula is C8H13NS2. The first-order valence-electron chi connectivity index (χ1n) is 3.91. The quantitative estimate of drug-likeness (QED) is 0.715. The third kappa shape index (κ3) is 2.83. The average molecular weight is 187 g/mol. The molecule has 0 aliphatic carbocycles. The highest BCUT2D eigenvalue weighted by molar-refractivity contribution is 7.80. The summed E-state index contributed by atoms with van der Waals surface area (Å²) in [6, 6.07) is 0. The third-order valence-corrected chi connectivity index (χ3v) is 2.61. The van der Waals surface area contributed by atoms with Gasteiger partial charge in [-0.3, -0.25) is 0 Å². The lowest BCUT2D eigenvalue weighted by Gasteiger charge is -1.89. The highest BCUT2D eigenvalue weighted by atomic mass is 32.1. The molecule has 1 aromatic heterocycles. The molecule has 0 bridgehead atoms. The van der Waals surface area contributed by atoms with E-state index in [0.29, 0.717) is 0 Å². The molecule has 0 saturated carbocycles. The van der Waals surface area contributed by atoms with Gasteiger partial charge in [-0.2, -0.15) is 12.6 Å². The summed E-state index contributed by atoms with van der Waals surface area (Å²) in [5, 5.41) is 3.41. The first-order chi connectivity index (χ1) is 5.36. The molecule has 0 saturated heterocycles. The van der Waals surface area contributed by atoms with Crippen molar-refractivity contribution in [1.29, 1.82) is 0 Å². The number of hydrogen-bond acceptors (Lipinski definition) is 3. The number of thiazole rings is 1. The Kier molecular flexibility index (Phi) is 3.94. The van der Waals surface area contributed by atoms with E-state index >= 15 is 0 Å². The van der Waals surface area contributed by atoms with Crippen LogP contribution in [0.2, 0.25) is 0 Å². The summed E-state index contributed by atoms with van der Waals surface area (Å²) in [5.74, 6) is 0.898. The molecule has 0 aliphatic heterocycles. The van der Waals surface area contributed by atoms with Gasteiger partial charge in [-0.05, 0) is 25.0 Å². The summed E-state index contributed by atoms with van der Waals surface area (Å²) >= 11 is 5.93. The Morgan fingerprint density at radius 3 is 3.00 bits per heavy atom. The Morgan fingerprint density at radius 2 is 2.36 bits per heavy atom. The molecule has 0 amide bonds. The van der Waals surface area contributed by atoms with Crippen molar-refractivity contribution < 1.29 is 0 Å². The minimum atomic E-state index is 0.898. The van der Waals surface area contributed by atoms with E-state index in [-0.39, 0.29) is 0 Å². The average Bonchev–Trinajstić information content (AvgIpc) is 2.38. The summed E-state index contributed by atoms with van der Waals surface area (Å²) in [5.41, 5.74) is 1.20. The van der Waals surface area contributed by atoms with Crippen LogP contribution in [0, 0.1) is 0 Å². The van der Waals surface area contributed by atoms with E-state index in [0.717, 1.165) is 18.6 Å². The Bertz CT molecular complexity index is 187. The molecule has 0 N–H and O–H groups in total. The monoisotopic (exact) mass is 187 g/mol. The number of thiol groups is 1. The van der Waals surface area contributed by atoms with Crippen LogP contribution in [0.15, 0.2) is 5.38 Å². The van der Waals surface area contributed by atoms with Crippen molar-refractivity contribution in [3.8, 4) is 0 Å². The molecule has 0 atom stereocenters. The first kappa shape index (κ1) is 9.07. The number of aryl methyl sites for hydroxylation is 2. The fourth-order valence-electron chi connectivity index (χ4n) is 0.907. The van der Waals surface area contributed by atoms with Gasteiger partial charge in [0, 0.05) is 5.38 Å². The topological polar surface area (TPSA) is 12.9 Å². The van der Waals surface area contributed by atoms with Crippen molar-refractivity contribution in [3.63, 3.8) is 0 Å². The molecule has 62 valence electrons. The molecule has 0 aliphatic rings. The summed E-state index contributed by atoms with van der Waals surface area (Å²) < 4.78 is 0. The van der Waals surface area contributed by atoms with Crippen molar-refractivity contribution >= 4 is 24.0 Å². The van der Waals surface area contributed by atoms with Gasteiger partial charge in [-0.15, -0.1) is 11.3 Å². The highest BCUT2D eigenvalue weighted by Crippen LogP contribution is 2.12. The molecule has 1 heterocycles. The van der Waals surface area contributed by atoms with Crippen LogP contribution >= 0.6 is 24.0 Å². The van der Waals surface area contributed by atoms with Crippen LogP contribution in [-0.2, 0) is 12.8 Å². The van der Waals surface area contributed by atoms with Gasteiger partial charge in [0.2, 0.25) is 0 Å². The van der Waals surface area contributed by atoms with Gasteiger partial charge in [-0.1, -0.05) is 6.92 Å². The summed E-state index contributed by atoms with van der Waals surface area (Å²) in [4.78, 5) is 4.46. The molecular weight excluding hydrogens is 174 g/mol. The van der Waals surface area contributed by atoms with Gasteiger partial charge in [-0.25, -0.2) is 4.98 Å². The van der Waals surface area contributed by atoms with E-state index in [1.165, 1.54) is 17.1 Å². The van der Waals surface area contributed by atoms with Crippen molar-refractivity contribution in [2.45, 2.75) is 26.2 Å². The van der Waals surface area contributed by atoms with Crippen LogP contribution in [0.3, 0.4) is 0 Å². The standard InChI is InChI=1S/C8H13NS2/c1-2-3-8-9-7(4-5-10)6-11-8/h6,10H,2-5H2,1H3. The maximum Gasteiger partial charge on any atom is 0.0928 e. The fraction of sp³-hybridized carbons (Fsp3) is 0.625. The van der Waals surface area contributed by atoms with Gasteiger partial charge >= 0.3 is 0 Å². The largest absolute Gasteiger partial charge is 0.246 e. The van der Waals surface area contributed by atoms with E-state index in [4.69, 9.17) is 0 Å². The zero-order chi connectivity index (χ0) is 8.10. The van der Waals surface area contributed by atoms with E-state index in [2.05, 4.69) is 29.9 Å². The predicted molar refractivity (Wildman–Crippen MR) is 53.7 cm³/mol. The van der Waals surface area contributed by atoms with E-state index in [1.807, 2.05) is 0 Å². The van der Waals surface area contributed by atoms with Crippen LogP contribution in [-0.4, -0.2) is 10.7 Å². The Labute approximate surface area is 77.3 Å². The molecule has 0 spiro atoms. The van der Waals surface area contributed by atoms with Crippen molar-refractivity contribution in [3.05, 3.63) is 16.1 Å². The zero-order valence-corrected chi connectivity index (χ0v) is 8.42. The van der Waals surface area contributed by atoms with Crippen LogP contribution < -0.4 is 0 Å². The van der Waals surface area contributed by atoms with Gasteiger partial charge < -0.3 is 0 Å². The Morgan fingerprint density at radius 1 is 1.55 bits per heavy atom. The number of rotatable bonds is 4. The third-order valence-electron chi connectivity index (χ3n) is 1.43. The summed E-state index contributed by atoms with van der Waals surface area (Å²) in [6.45, 7) is 2.18. The second kappa shape index (κ2) is 4.78. The van der Waals surface area contributed by atoms with Crippen LogP contribution in [0.4, 0.5) is 0 Å². The molecule has 11 heavy (non-hydrogen) atoms. The van der Waals surface area contributed by atoms with E-state index in [9.17, 15) is 0 Å². The normalized spacial score (nSPS) is 10.4. The van der Waals surface area contributed by atoms with Crippen LogP contribution in [0.1, 0.15) is 24.0 Å². The van der Waals surface area contributed by atoms with Crippen molar-refractivity contribution in [1.82, 2.24) is 4.98 Å². The van der Waals surface area contributed by atoms with Crippen LogP contribution in [0.25, 0.3) is 0 Å². The first-order valence-corrected chi connectivity index (χ1v) is 5.42. The number of nitrogens with zero attached hydrogens (tertiary/aromatic N) is 1. The van der Waals surface area contributed by atoms with Gasteiger partial charge in [0.1, 0.15) is 0 Å². The van der Waals surface area contributed by atoms with Crippen molar-refractivity contribution in [2.24, 2.45) is 0 Å². The Hall–Kier alpha value is -0.0200. The van der Waals surface area contributed by atoms with Gasteiger partial charge in [0.25, 0.3) is 0 Å². The number of hydrogen-bond donors (Lipinski definition) is 1.